The number of amides is 1. The van der Waals surface area contributed by atoms with Gasteiger partial charge in [0.15, 0.2) is 5.11 Å². The third-order valence-electron chi connectivity index (χ3n) is 6.07. The van der Waals surface area contributed by atoms with Gasteiger partial charge in [0, 0.05) is 12.1 Å². The molecule has 0 bridgehead atoms. The molecule has 0 aliphatic heterocycles. The van der Waals surface area contributed by atoms with Crippen molar-refractivity contribution in [3.8, 4) is 5.75 Å². The number of hydrogen-bond donors (Lipinski definition) is 2. The minimum atomic E-state index is -0.191. The second-order valence-corrected chi connectivity index (χ2v) is 9.58. The lowest BCUT2D eigenvalue weighted by Gasteiger charge is -2.13. The summed E-state index contributed by atoms with van der Waals surface area (Å²) in [5.41, 5.74) is 0.576. The molecule has 1 unspecified atom stereocenters. The zero-order chi connectivity index (χ0) is 24.2. The second-order valence-electron chi connectivity index (χ2n) is 9.17. The van der Waals surface area contributed by atoms with Crippen LogP contribution in [0.5, 0.6) is 5.75 Å². The topological polar surface area (TPSA) is 50.4 Å². The zero-order valence-corrected chi connectivity index (χ0v) is 22.2. The van der Waals surface area contributed by atoms with Gasteiger partial charge < -0.3 is 10.1 Å². The first-order valence-electron chi connectivity index (χ1n) is 13.4. The third kappa shape index (κ3) is 15.8. The van der Waals surface area contributed by atoms with Crippen molar-refractivity contribution in [2.24, 2.45) is 0 Å². The van der Waals surface area contributed by atoms with E-state index < -0.39 is 0 Å². The Bertz CT molecular complexity index is 633. The largest absolute Gasteiger partial charge is 0.491 e. The molecule has 33 heavy (non-hydrogen) atoms. The van der Waals surface area contributed by atoms with Gasteiger partial charge in [-0.05, 0) is 56.2 Å². The maximum atomic E-state index is 12.3. The van der Waals surface area contributed by atoms with Crippen LogP contribution in [0, 0.1) is 0 Å². The fourth-order valence-electron chi connectivity index (χ4n) is 3.74. The Labute approximate surface area is 208 Å². The molecule has 4 nitrogen and oxygen atoms in total. The van der Waals surface area contributed by atoms with Gasteiger partial charge in [-0.15, -0.1) is 0 Å². The number of thiocarbonyl (C=S) groups is 1. The normalized spacial score (nSPS) is 11.7. The molecular weight excluding hydrogens is 428 g/mol. The van der Waals surface area contributed by atoms with Crippen LogP contribution < -0.4 is 15.4 Å². The molecule has 188 valence electrons. The summed E-state index contributed by atoms with van der Waals surface area (Å²) in [6, 6.07) is 7.19. The number of carbonyl (C=O) groups is 1. The molecule has 0 aliphatic carbocycles. The highest BCUT2D eigenvalue weighted by molar-refractivity contribution is 7.80. The fourth-order valence-corrected chi connectivity index (χ4v) is 3.94. The van der Waals surface area contributed by atoms with E-state index >= 15 is 0 Å². The smallest absolute Gasteiger partial charge is 0.257 e. The van der Waals surface area contributed by atoms with Gasteiger partial charge in [0.05, 0.1) is 6.10 Å². The number of rotatable bonds is 19. The maximum Gasteiger partial charge on any atom is 0.257 e. The molecule has 0 aromatic heterocycles. The van der Waals surface area contributed by atoms with Gasteiger partial charge in [0.2, 0.25) is 0 Å². The first-order valence-corrected chi connectivity index (χ1v) is 13.8. The first-order chi connectivity index (χ1) is 16.1. The Morgan fingerprint density at radius 1 is 0.818 bits per heavy atom. The second kappa shape index (κ2) is 19.8. The van der Waals surface area contributed by atoms with Crippen molar-refractivity contribution in [2.75, 3.05) is 6.54 Å². The van der Waals surface area contributed by atoms with E-state index in [1.54, 1.807) is 12.1 Å². The van der Waals surface area contributed by atoms with Crippen molar-refractivity contribution in [3.63, 3.8) is 0 Å². The van der Waals surface area contributed by atoms with Crippen molar-refractivity contribution in [1.82, 2.24) is 10.6 Å². The van der Waals surface area contributed by atoms with E-state index in [4.69, 9.17) is 17.0 Å². The monoisotopic (exact) mass is 476 g/mol. The highest BCUT2D eigenvalue weighted by Crippen LogP contribution is 2.15. The summed E-state index contributed by atoms with van der Waals surface area (Å²) in [5, 5.41) is 6.30. The maximum absolute atomic E-state index is 12.3. The minimum Gasteiger partial charge on any atom is -0.491 e. The summed E-state index contributed by atoms with van der Waals surface area (Å²) >= 11 is 5.26. The molecule has 0 saturated carbocycles. The molecule has 1 rings (SSSR count). The number of ether oxygens (including phenoxy) is 1. The molecule has 5 heteroatoms. The molecule has 0 fully saturated rings. The van der Waals surface area contributed by atoms with Crippen LogP contribution >= 0.6 is 12.2 Å². The molecule has 0 saturated heterocycles. The lowest BCUT2D eigenvalue weighted by molar-refractivity contribution is 0.0976. The van der Waals surface area contributed by atoms with Crippen molar-refractivity contribution in [1.29, 1.82) is 0 Å². The summed E-state index contributed by atoms with van der Waals surface area (Å²) in [6.45, 7) is 7.19. The molecule has 1 aromatic carbocycles. The molecule has 0 radical (unpaired) electrons. The number of nitrogens with one attached hydrogen (secondary N) is 2. The predicted molar refractivity (Wildman–Crippen MR) is 145 cm³/mol. The summed E-state index contributed by atoms with van der Waals surface area (Å²) in [4.78, 5) is 12.3. The van der Waals surface area contributed by atoms with Gasteiger partial charge >= 0.3 is 0 Å². The van der Waals surface area contributed by atoms with Crippen molar-refractivity contribution < 1.29 is 9.53 Å². The third-order valence-corrected chi connectivity index (χ3v) is 6.32. The molecule has 1 atom stereocenters. The fraction of sp³-hybridized carbons (Fsp3) is 0.714. The molecule has 0 aliphatic rings. The highest BCUT2D eigenvalue weighted by Gasteiger charge is 2.08. The Hall–Kier alpha value is -1.62. The van der Waals surface area contributed by atoms with E-state index in [0.29, 0.717) is 10.7 Å². The van der Waals surface area contributed by atoms with Crippen LogP contribution in [0.1, 0.15) is 127 Å². The molecule has 0 spiro atoms. The molecule has 2 N–H and O–H groups in total. The molecule has 0 heterocycles. The van der Waals surface area contributed by atoms with Crippen molar-refractivity contribution in [2.45, 2.75) is 123 Å². The summed E-state index contributed by atoms with van der Waals surface area (Å²) in [5.74, 6) is 0.586. The van der Waals surface area contributed by atoms with Crippen molar-refractivity contribution in [3.05, 3.63) is 29.8 Å². The van der Waals surface area contributed by atoms with Crippen LogP contribution in [0.25, 0.3) is 0 Å². The van der Waals surface area contributed by atoms with Crippen LogP contribution in [0.3, 0.4) is 0 Å². The van der Waals surface area contributed by atoms with Gasteiger partial charge in [0.25, 0.3) is 5.91 Å². The minimum absolute atomic E-state index is 0.163. The molecular formula is C28H48N2O2S. The van der Waals surface area contributed by atoms with E-state index in [2.05, 4.69) is 24.5 Å². The van der Waals surface area contributed by atoms with E-state index in [-0.39, 0.29) is 12.0 Å². The van der Waals surface area contributed by atoms with E-state index in [0.717, 1.165) is 25.1 Å². The Morgan fingerprint density at radius 2 is 1.30 bits per heavy atom. The van der Waals surface area contributed by atoms with Crippen LogP contribution in [0.15, 0.2) is 24.3 Å². The van der Waals surface area contributed by atoms with Crippen LogP contribution in [-0.2, 0) is 0 Å². The van der Waals surface area contributed by atoms with E-state index in [1.807, 2.05) is 19.1 Å². The Kier molecular flexibility index (Phi) is 17.7. The van der Waals surface area contributed by atoms with Crippen LogP contribution in [0.4, 0.5) is 0 Å². The first kappa shape index (κ1) is 29.4. The van der Waals surface area contributed by atoms with Crippen LogP contribution in [-0.4, -0.2) is 23.7 Å². The van der Waals surface area contributed by atoms with Crippen molar-refractivity contribution >= 4 is 23.2 Å². The number of unbranched alkanes of at least 4 members (excludes halogenated alkanes) is 13. The Morgan fingerprint density at radius 3 is 1.79 bits per heavy atom. The lowest BCUT2D eigenvalue weighted by atomic mass is 10.0. The number of hydrogen-bond acceptors (Lipinski definition) is 3. The highest BCUT2D eigenvalue weighted by atomic mass is 32.1. The summed E-state index contributed by atoms with van der Waals surface area (Å²) in [6.07, 6.45) is 20.0. The van der Waals surface area contributed by atoms with Gasteiger partial charge in [-0.25, -0.2) is 0 Å². The summed E-state index contributed by atoms with van der Waals surface area (Å²) < 4.78 is 5.75. The number of benzene rings is 1. The van der Waals surface area contributed by atoms with Crippen LogP contribution in [0.2, 0.25) is 0 Å². The van der Waals surface area contributed by atoms with Gasteiger partial charge in [0.1, 0.15) is 5.75 Å². The lowest BCUT2D eigenvalue weighted by Crippen LogP contribution is -2.39. The van der Waals surface area contributed by atoms with Gasteiger partial charge in [-0.1, -0.05) is 97.3 Å². The van der Waals surface area contributed by atoms with E-state index in [9.17, 15) is 4.79 Å². The van der Waals surface area contributed by atoms with Gasteiger partial charge in [-0.3, -0.25) is 10.1 Å². The molecule has 1 amide bonds. The van der Waals surface area contributed by atoms with Gasteiger partial charge in [-0.2, -0.15) is 0 Å². The standard InChI is InChI=1S/C28H48N2O2S/c1-4-6-7-8-9-10-11-12-13-14-15-16-17-18-23-29-28(33)30-27(31)25-19-21-26(22-20-25)32-24(3)5-2/h19-22,24H,4-18,23H2,1-3H3,(H2,29,30,31,33). The average Bonchev–Trinajstić information content (AvgIpc) is 2.81. The quantitative estimate of drug-likeness (QED) is 0.157. The summed E-state index contributed by atoms with van der Waals surface area (Å²) in [7, 11) is 0. The predicted octanol–water partition coefficient (Wildman–Crippen LogP) is 7.95. The Balaban J connectivity index is 1.98. The average molecular weight is 477 g/mol. The number of carbonyl (C=O) groups excluding carboxylic acids is 1. The SMILES string of the molecule is CCCCCCCCCCCCCCCCNC(=S)NC(=O)c1ccc(OC(C)CC)cc1. The molecule has 1 aromatic rings. The zero-order valence-electron chi connectivity index (χ0n) is 21.4. The van der Waals surface area contributed by atoms with E-state index in [1.165, 1.54) is 83.5 Å².